The number of piperazine rings is 1. The second-order valence-corrected chi connectivity index (χ2v) is 4.57. The van der Waals surface area contributed by atoms with Crippen LogP contribution < -0.4 is 0 Å². The SMILES string of the molecule is CCC(C(=O)N1CCN(C)C(=O)C1)N(C)CC. The Balaban J connectivity index is 2.65. The van der Waals surface area contributed by atoms with Crippen LogP contribution in [0.1, 0.15) is 20.3 Å². The Labute approximate surface area is 103 Å². The van der Waals surface area contributed by atoms with E-state index in [1.54, 1.807) is 16.8 Å². The summed E-state index contributed by atoms with van der Waals surface area (Å²) in [6, 6.07) is -0.101. The lowest BCUT2D eigenvalue weighted by atomic mass is 10.1. The van der Waals surface area contributed by atoms with E-state index in [1.165, 1.54) is 0 Å². The first-order valence-electron chi connectivity index (χ1n) is 6.24. The number of amides is 2. The zero-order valence-corrected chi connectivity index (χ0v) is 11.3. The highest BCUT2D eigenvalue weighted by atomic mass is 16.2. The molecule has 5 nitrogen and oxygen atoms in total. The molecule has 5 heteroatoms. The number of hydrogen-bond acceptors (Lipinski definition) is 3. The van der Waals surface area contributed by atoms with Crippen molar-refractivity contribution in [1.82, 2.24) is 14.7 Å². The maximum Gasteiger partial charge on any atom is 0.241 e. The topological polar surface area (TPSA) is 43.9 Å². The number of nitrogens with zero attached hydrogens (tertiary/aromatic N) is 3. The van der Waals surface area contributed by atoms with Gasteiger partial charge in [0.1, 0.15) is 0 Å². The highest BCUT2D eigenvalue weighted by molar-refractivity contribution is 5.88. The van der Waals surface area contributed by atoms with Crippen molar-refractivity contribution in [2.24, 2.45) is 0 Å². The fourth-order valence-electron chi connectivity index (χ4n) is 2.05. The van der Waals surface area contributed by atoms with Crippen LogP contribution in [0.2, 0.25) is 0 Å². The molecule has 0 radical (unpaired) electrons. The third-order valence-corrected chi connectivity index (χ3v) is 3.47. The van der Waals surface area contributed by atoms with E-state index in [2.05, 4.69) is 0 Å². The Kier molecular flexibility index (Phi) is 4.93. The fraction of sp³-hybridized carbons (Fsp3) is 0.833. The molecule has 98 valence electrons. The van der Waals surface area contributed by atoms with Crippen molar-refractivity contribution in [2.75, 3.05) is 40.3 Å². The van der Waals surface area contributed by atoms with Crippen molar-refractivity contribution in [3.8, 4) is 0 Å². The third-order valence-electron chi connectivity index (χ3n) is 3.47. The van der Waals surface area contributed by atoms with Gasteiger partial charge in [0.25, 0.3) is 0 Å². The van der Waals surface area contributed by atoms with Crippen LogP contribution in [0.15, 0.2) is 0 Å². The molecular formula is C12H23N3O2. The first-order chi connectivity index (χ1) is 8.01. The van der Waals surface area contributed by atoms with Gasteiger partial charge in [0.2, 0.25) is 11.8 Å². The lowest BCUT2D eigenvalue weighted by Gasteiger charge is -2.36. The molecule has 0 aromatic carbocycles. The van der Waals surface area contributed by atoms with E-state index in [9.17, 15) is 9.59 Å². The molecule has 0 bridgehead atoms. The first-order valence-corrected chi connectivity index (χ1v) is 6.24. The number of hydrogen-bond donors (Lipinski definition) is 0. The summed E-state index contributed by atoms with van der Waals surface area (Å²) in [5, 5.41) is 0. The zero-order chi connectivity index (χ0) is 13.0. The summed E-state index contributed by atoms with van der Waals surface area (Å²) in [4.78, 5) is 29.3. The van der Waals surface area contributed by atoms with Crippen LogP contribution >= 0.6 is 0 Å². The van der Waals surface area contributed by atoms with E-state index in [0.29, 0.717) is 13.1 Å². The Bertz CT molecular complexity index is 293. The molecule has 0 N–H and O–H groups in total. The summed E-state index contributed by atoms with van der Waals surface area (Å²) in [7, 11) is 3.73. The predicted octanol–water partition coefficient (Wildman–Crippen LogP) is 0.0173. The second kappa shape index (κ2) is 6.00. The van der Waals surface area contributed by atoms with Crippen molar-refractivity contribution < 1.29 is 9.59 Å². The van der Waals surface area contributed by atoms with Crippen LogP contribution in [-0.4, -0.2) is 72.8 Å². The largest absolute Gasteiger partial charge is 0.342 e. The Morgan fingerprint density at radius 3 is 2.53 bits per heavy atom. The highest BCUT2D eigenvalue weighted by Crippen LogP contribution is 2.09. The van der Waals surface area contributed by atoms with E-state index >= 15 is 0 Å². The van der Waals surface area contributed by atoms with Crippen LogP contribution in [-0.2, 0) is 9.59 Å². The minimum absolute atomic E-state index is 0.0265. The van der Waals surface area contributed by atoms with Gasteiger partial charge in [-0.1, -0.05) is 13.8 Å². The van der Waals surface area contributed by atoms with Crippen molar-refractivity contribution >= 4 is 11.8 Å². The summed E-state index contributed by atoms with van der Waals surface area (Å²) in [6.45, 7) is 6.39. The maximum absolute atomic E-state index is 12.3. The molecule has 1 atom stereocenters. The number of carbonyl (C=O) groups is 2. The van der Waals surface area contributed by atoms with E-state index in [1.807, 2.05) is 25.8 Å². The summed E-state index contributed by atoms with van der Waals surface area (Å²) in [6.07, 6.45) is 0.781. The van der Waals surface area contributed by atoms with Crippen molar-refractivity contribution in [2.45, 2.75) is 26.3 Å². The van der Waals surface area contributed by atoms with Gasteiger partial charge in [-0.3, -0.25) is 14.5 Å². The van der Waals surface area contributed by atoms with Gasteiger partial charge in [0.15, 0.2) is 0 Å². The van der Waals surface area contributed by atoms with Gasteiger partial charge < -0.3 is 9.80 Å². The minimum Gasteiger partial charge on any atom is -0.342 e. The molecule has 0 spiro atoms. The Morgan fingerprint density at radius 1 is 1.41 bits per heavy atom. The van der Waals surface area contributed by atoms with Crippen LogP contribution in [0.4, 0.5) is 0 Å². The smallest absolute Gasteiger partial charge is 0.241 e. The lowest BCUT2D eigenvalue weighted by molar-refractivity contribution is -0.147. The predicted molar refractivity (Wildman–Crippen MR) is 66.6 cm³/mol. The van der Waals surface area contributed by atoms with Gasteiger partial charge in [0, 0.05) is 20.1 Å². The van der Waals surface area contributed by atoms with Gasteiger partial charge in [-0.2, -0.15) is 0 Å². The highest BCUT2D eigenvalue weighted by Gasteiger charge is 2.30. The first kappa shape index (κ1) is 14.0. The molecule has 17 heavy (non-hydrogen) atoms. The molecule has 1 heterocycles. The lowest BCUT2D eigenvalue weighted by Crippen LogP contribution is -2.55. The summed E-state index contributed by atoms with van der Waals surface area (Å²) in [5.41, 5.74) is 0. The van der Waals surface area contributed by atoms with Gasteiger partial charge in [-0.15, -0.1) is 0 Å². The van der Waals surface area contributed by atoms with Crippen molar-refractivity contribution in [3.05, 3.63) is 0 Å². The monoisotopic (exact) mass is 241 g/mol. The van der Waals surface area contributed by atoms with Crippen LogP contribution in [0, 0.1) is 0 Å². The van der Waals surface area contributed by atoms with E-state index in [4.69, 9.17) is 0 Å². The van der Waals surface area contributed by atoms with Gasteiger partial charge in [-0.25, -0.2) is 0 Å². The molecule has 1 unspecified atom stereocenters. The maximum atomic E-state index is 12.3. The summed E-state index contributed by atoms with van der Waals surface area (Å²) < 4.78 is 0. The average Bonchev–Trinajstić information content (AvgIpc) is 2.33. The van der Waals surface area contributed by atoms with Gasteiger partial charge in [-0.05, 0) is 20.0 Å². The van der Waals surface area contributed by atoms with Crippen LogP contribution in [0.5, 0.6) is 0 Å². The fourth-order valence-corrected chi connectivity index (χ4v) is 2.05. The van der Waals surface area contributed by atoms with Gasteiger partial charge in [0.05, 0.1) is 12.6 Å². The number of carbonyl (C=O) groups excluding carboxylic acids is 2. The standard InChI is InChI=1S/C12H23N3O2/c1-5-10(13(3)6-2)12(17)15-8-7-14(4)11(16)9-15/h10H,5-9H2,1-4H3. The molecule has 0 saturated carbocycles. The minimum atomic E-state index is -0.101. The Morgan fingerprint density at radius 2 is 2.06 bits per heavy atom. The van der Waals surface area contributed by atoms with Gasteiger partial charge >= 0.3 is 0 Å². The van der Waals surface area contributed by atoms with E-state index in [0.717, 1.165) is 13.0 Å². The van der Waals surface area contributed by atoms with Crippen molar-refractivity contribution in [3.63, 3.8) is 0 Å². The quantitative estimate of drug-likeness (QED) is 0.697. The molecule has 1 aliphatic heterocycles. The van der Waals surface area contributed by atoms with Crippen LogP contribution in [0.3, 0.4) is 0 Å². The third kappa shape index (κ3) is 3.19. The second-order valence-electron chi connectivity index (χ2n) is 4.57. The van der Waals surface area contributed by atoms with E-state index < -0.39 is 0 Å². The number of likely N-dealkylation sites (N-methyl/N-ethyl adjacent to an activating group) is 2. The molecule has 0 aromatic heterocycles. The zero-order valence-electron chi connectivity index (χ0n) is 11.3. The number of rotatable bonds is 4. The molecule has 1 rings (SSSR count). The molecule has 0 aliphatic carbocycles. The average molecular weight is 241 g/mol. The van der Waals surface area contributed by atoms with Crippen LogP contribution in [0.25, 0.3) is 0 Å². The summed E-state index contributed by atoms with van der Waals surface area (Å²) in [5.74, 6) is 0.108. The van der Waals surface area contributed by atoms with Crippen molar-refractivity contribution in [1.29, 1.82) is 0 Å². The molecule has 1 fully saturated rings. The molecular weight excluding hydrogens is 218 g/mol. The summed E-state index contributed by atoms with van der Waals surface area (Å²) >= 11 is 0. The molecule has 2 amide bonds. The normalized spacial score (nSPS) is 18.8. The molecule has 1 aliphatic rings. The van der Waals surface area contributed by atoms with E-state index in [-0.39, 0.29) is 24.4 Å². The molecule has 1 saturated heterocycles. The molecule has 0 aromatic rings. The Hall–Kier alpha value is -1.10.